The summed E-state index contributed by atoms with van der Waals surface area (Å²) in [5.74, 6) is 0.744. The molecule has 1 N–H and O–H groups in total. The number of methoxy groups -OCH3 is 2. The lowest BCUT2D eigenvalue weighted by Crippen LogP contribution is -2.14. The van der Waals surface area contributed by atoms with Gasteiger partial charge in [0.25, 0.3) is 0 Å². The van der Waals surface area contributed by atoms with E-state index < -0.39 is 0 Å². The number of rotatable bonds is 7. The topological polar surface area (TPSA) is 73.3 Å². The zero-order valence-electron chi connectivity index (χ0n) is 17.6. The van der Waals surface area contributed by atoms with Gasteiger partial charge >= 0.3 is 0 Å². The zero-order chi connectivity index (χ0) is 22.7. The Hall–Kier alpha value is -3.30. The number of aryl methyl sites for hydroxylation is 1. The van der Waals surface area contributed by atoms with E-state index in [4.69, 9.17) is 9.47 Å². The van der Waals surface area contributed by atoms with E-state index in [0.717, 1.165) is 26.7 Å². The van der Waals surface area contributed by atoms with Crippen molar-refractivity contribution in [1.82, 2.24) is 9.97 Å². The molecule has 0 aliphatic rings. The summed E-state index contributed by atoms with van der Waals surface area (Å²) in [5, 5.41) is 6.08. The minimum atomic E-state index is -0.311. The number of carbonyl (C=O) groups is 1. The molecule has 0 spiro atoms. The van der Waals surface area contributed by atoms with Crippen molar-refractivity contribution in [3.63, 3.8) is 0 Å². The molecule has 1 amide bonds. The van der Waals surface area contributed by atoms with Crippen molar-refractivity contribution in [3.05, 3.63) is 63.5 Å². The largest absolute Gasteiger partial charge is 0.493 e. The van der Waals surface area contributed by atoms with Crippen LogP contribution in [0.5, 0.6) is 11.5 Å². The van der Waals surface area contributed by atoms with Gasteiger partial charge in [-0.3, -0.25) is 4.79 Å². The smallest absolute Gasteiger partial charge is 0.231 e. The number of hydrogen-bond donors (Lipinski definition) is 1. The molecule has 0 radical (unpaired) electrons. The molecule has 0 aliphatic carbocycles. The van der Waals surface area contributed by atoms with Crippen LogP contribution in [0, 0.1) is 12.7 Å². The first-order valence-electron chi connectivity index (χ1n) is 9.67. The summed E-state index contributed by atoms with van der Waals surface area (Å²) in [6.07, 6.45) is 0.156. The van der Waals surface area contributed by atoms with E-state index in [1.165, 1.54) is 34.8 Å². The third kappa shape index (κ3) is 4.79. The molecule has 2 heterocycles. The molecule has 0 aliphatic heterocycles. The Bertz CT molecular complexity index is 1250. The number of ether oxygens (including phenoxy) is 2. The normalized spacial score (nSPS) is 10.8. The molecule has 6 nitrogen and oxygen atoms in total. The molecule has 164 valence electrons. The standard InChI is InChI=1S/C23H20FN3O3S2/c1-13-25-22(14-4-7-16(24)8-5-14)20(32-13)11-21(28)27-23-26-17(12-31-23)15-6-9-18(29-2)19(10-15)30-3/h4-10,12H,11H2,1-3H3,(H,26,27,28). The van der Waals surface area contributed by atoms with Crippen molar-refractivity contribution < 1.29 is 18.7 Å². The van der Waals surface area contributed by atoms with Gasteiger partial charge in [0.2, 0.25) is 5.91 Å². The lowest BCUT2D eigenvalue weighted by atomic mass is 10.1. The van der Waals surface area contributed by atoms with Crippen LogP contribution in [0.4, 0.5) is 9.52 Å². The van der Waals surface area contributed by atoms with Crippen LogP contribution in [-0.4, -0.2) is 30.1 Å². The summed E-state index contributed by atoms with van der Waals surface area (Å²) >= 11 is 2.80. The molecule has 0 bridgehead atoms. The van der Waals surface area contributed by atoms with Gasteiger partial charge in [0.15, 0.2) is 16.6 Å². The second kappa shape index (κ2) is 9.46. The number of nitrogens with one attached hydrogen (secondary N) is 1. The van der Waals surface area contributed by atoms with E-state index in [2.05, 4.69) is 15.3 Å². The van der Waals surface area contributed by atoms with Gasteiger partial charge in [-0.05, 0) is 49.4 Å². The summed E-state index contributed by atoms with van der Waals surface area (Å²) in [4.78, 5) is 22.6. The Morgan fingerprint density at radius 1 is 1.03 bits per heavy atom. The summed E-state index contributed by atoms with van der Waals surface area (Å²) < 4.78 is 23.9. The van der Waals surface area contributed by atoms with Crippen LogP contribution in [-0.2, 0) is 11.2 Å². The highest BCUT2D eigenvalue weighted by atomic mass is 32.1. The maximum absolute atomic E-state index is 13.3. The van der Waals surface area contributed by atoms with E-state index >= 15 is 0 Å². The first kappa shape index (κ1) is 21.9. The number of halogens is 1. The Kier molecular flexibility index (Phi) is 6.48. The maximum Gasteiger partial charge on any atom is 0.231 e. The lowest BCUT2D eigenvalue weighted by molar-refractivity contribution is -0.115. The third-order valence-corrected chi connectivity index (χ3v) is 6.40. The van der Waals surface area contributed by atoms with E-state index in [9.17, 15) is 9.18 Å². The Morgan fingerprint density at radius 3 is 2.47 bits per heavy atom. The number of thiazole rings is 2. The van der Waals surface area contributed by atoms with Crippen molar-refractivity contribution in [2.75, 3.05) is 19.5 Å². The van der Waals surface area contributed by atoms with E-state index in [-0.39, 0.29) is 18.1 Å². The number of hydrogen-bond acceptors (Lipinski definition) is 7. The average molecular weight is 470 g/mol. The van der Waals surface area contributed by atoms with Crippen LogP contribution < -0.4 is 14.8 Å². The zero-order valence-corrected chi connectivity index (χ0v) is 19.3. The van der Waals surface area contributed by atoms with Crippen LogP contribution in [0.1, 0.15) is 9.88 Å². The monoisotopic (exact) mass is 469 g/mol. The fourth-order valence-corrected chi connectivity index (χ4v) is 4.88. The molecule has 0 fully saturated rings. The van der Waals surface area contributed by atoms with Gasteiger partial charge in [-0.15, -0.1) is 22.7 Å². The van der Waals surface area contributed by atoms with Gasteiger partial charge in [0, 0.05) is 21.4 Å². The molecule has 0 unspecified atom stereocenters. The molecule has 2 aromatic carbocycles. The van der Waals surface area contributed by atoms with Crippen LogP contribution in [0.3, 0.4) is 0 Å². The fraction of sp³-hybridized carbons (Fsp3) is 0.174. The molecule has 4 aromatic rings. The Labute approximate surface area is 192 Å². The summed E-state index contributed by atoms with van der Waals surface area (Å²) in [6, 6.07) is 11.7. The van der Waals surface area contributed by atoms with Crippen LogP contribution in [0.15, 0.2) is 47.8 Å². The molecule has 0 saturated heterocycles. The minimum absolute atomic E-state index is 0.156. The van der Waals surface area contributed by atoms with Gasteiger partial charge in [0.05, 0.1) is 37.0 Å². The molecule has 2 aromatic heterocycles. The second-order valence-corrected chi connectivity index (χ2v) is 8.99. The SMILES string of the molecule is COc1ccc(-c2csc(NC(=O)Cc3sc(C)nc3-c3ccc(F)cc3)n2)cc1OC. The maximum atomic E-state index is 13.3. The minimum Gasteiger partial charge on any atom is -0.493 e. The third-order valence-electron chi connectivity index (χ3n) is 4.67. The predicted octanol–water partition coefficient (Wildman–Crippen LogP) is 5.58. The van der Waals surface area contributed by atoms with Crippen molar-refractivity contribution in [3.8, 4) is 34.0 Å². The van der Waals surface area contributed by atoms with Crippen LogP contribution in [0.25, 0.3) is 22.5 Å². The number of nitrogens with zero attached hydrogens (tertiary/aromatic N) is 2. The van der Waals surface area contributed by atoms with Crippen LogP contribution in [0.2, 0.25) is 0 Å². The second-order valence-electron chi connectivity index (χ2n) is 6.84. The summed E-state index contributed by atoms with van der Waals surface area (Å²) in [7, 11) is 3.16. The molecule has 0 saturated carbocycles. The van der Waals surface area contributed by atoms with Gasteiger partial charge in [0.1, 0.15) is 5.82 Å². The predicted molar refractivity (Wildman–Crippen MR) is 125 cm³/mol. The van der Waals surface area contributed by atoms with Gasteiger partial charge < -0.3 is 14.8 Å². The Balaban J connectivity index is 1.48. The quantitative estimate of drug-likeness (QED) is 0.383. The first-order valence-corrected chi connectivity index (χ1v) is 11.4. The summed E-state index contributed by atoms with van der Waals surface area (Å²) in [6.45, 7) is 1.88. The average Bonchev–Trinajstić information content (AvgIpc) is 3.40. The highest BCUT2D eigenvalue weighted by molar-refractivity contribution is 7.14. The molecule has 9 heteroatoms. The lowest BCUT2D eigenvalue weighted by Gasteiger charge is -2.08. The number of benzene rings is 2. The highest BCUT2D eigenvalue weighted by Crippen LogP contribution is 2.34. The number of amides is 1. The van der Waals surface area contributed by atoms with Crippen LogP contribution >= 0.6 is 22.7 Å². The molecular formula is C23H20FN3O3S2. The first-order chi connectivity index (χ1) is 15.5. The van der Waals surface area contributed by atoms with Gasteiger partial charge in [-0.1, -0.05) is 0 Å². The van der Waals surface area contributed by atoms with E-state index in [1.807, 2.05) is 30.5 Å². The van der Waals surface area contributed by atoms with Crippen molar-refractivity contribution in [2.45, 2.75) is 13.3 Å². The van der Waals surface area contributed by atoms with Crippen molar-refractivity contribution in [2.24, 2.45) is 0 Å². The number of aromatic nitrogens is 2. The highest BCUT2D eigenvalue weighted by Gasteiger charge is 2.16. The van der Waals surface area contributed by atoms with Gasteiger partial charge in [-0.25, -0.2) is 14.4 Å². The summed E-state index contributed by atoms with van der Waals surface area (Å²) in [5.41, 5.74) is 3.07. The van der Waals surface area contributed by atoms with E-state index in [1.54, 1.807) is 26.4 Å². The van der Waals surface area contributed by atoms with E-state index in [0.29, 0.717) is 22.3 Å². The van der Waals surface area contributed by atoms with Gasteiger partial charge in [-0.2, -0.15) is 0 Å². The number of carbonyl (C=O) groups excluding carboxylic acids is 1. The Morgan fingerprint density at radius 2 is 1.75 bits per heavy atom. The molecule has 0 atom stereocenters. The molecule has 4 rings (SSSR count). The molecular weight excluding hydrogens is 449 g/mol. The van der Waals surface area contributed by atoms with Crippen molar-refractivity contribution >= 4 is 33.7 Å². The van der Waals surface area contributed by atoms with Crippen molar-refractivity contribution in [1.29, 1.82) is 0 Å². The number of anilines is 1. The molecule has 32 heavy (non-hydrogen) atoms. The fourth-order valence-electron chi connectivity index (χ4n) is 3.19.